The van der Waals surface area contributed by atoms with Gasteiger partial charge in [0.1, 0.15) is 5.52 Å². The van der Waals surface area contributed by atoms with Crippen LogP contribution in [0.2, 0.25) is 0 Å². The molecule has 3 heterocycles. The van der Waals surface area contributed by atoms with E-state index >= 15 is 0 Å². The van der Waals surface area contributed by atoms with E-state index in [4.69, 9.17) is 0 Å². The van der Waals surface area contributed by atoms with Crippen LogP contribution in [0.5, 0.6) is 0 Å². The fraction of sp³-hybridized carbons (Fsp3) is 0.615. The van der Waals surface area contributed by atoms with Crippen molar-refractivity contribution in [2.45, 2.75) is 32.2 Å². The molecule has 1 unspecified atom stereocenters. The number of aromatic nitrogens is 4. The summed E-state index contributed by atoms with van der Waals surface area (Å²) >= 11 is 0. The van der Waals surface area contributed by atoms with Gasteiger partial charge >= 0.3 is 0 Å². The zero-order valence-corrected chi connectivity index (χ0v) is 11.6. The Morgan fingerprint density at radius 1 is 1.50 bits per heavy atom. The van der Waals surface area contributed by atoms with Crippen LogP contribution in [0, 0.1) is 0 Å². The summed E-state index contributed by atoms with van der Waals surface area (Å²) < 4.78 is 0. The highest BCUT2D eigenvalue weighted by Crippen LogP contribution is 2.29. The molecule has 1 atom stereocenters. The first-order chi connectivity index (χ1) is 9.83. The molecule has 0 aliphatic carbocycles. The molecule has 7 nitrogen and oxygen atoms in total. The second-order valence-corrected chi connectivity index (χ2v) is 5.07. The SMILES string of the molecule is CCCNc1nc(N2CCCC2CO)c2[nH]cnc2n1. The summed E-state index contributed by atoms with van der Waals surface area (Å²) in [5.74, 6) is 1.44. The Morgan fingerprint density at radius 3 is 3.20 bits per heavy atom. The quantitative estimate of drug-likeness (QED) is 0.758. The number of hydrogen-bond acceptors (Lipinski definition) is 6. The third kappa shape index (κ3) is 2.29. The van der Waals surface area contributed by atoms with Crippen LogP contribution in [-0.2, 0) is 0 Å². The second kappa shape index (κ2) is 5.62. The van der Waals surface area contributed by atoms with Crippen molar-refractivity contribution in [3.63, 3.8) is 0 Å². The first kappa shape index (κ1) is 13.1. The van der Waals surface area contributed by atoms with Crippen LogP contribution < -0.4 is 10.2 Å². The number of imidazole rings is 1. The molecule has 3 rings (SSSR count). The summed E-state index contributed by atoms with van der Waals surface area (Å²) in [5, 5.41) is 12.7. The normalized spacial score (nSPS) is 18.9. The highest BCUT2D eigenvalue weighted by molar-refractivity contribution is 5.84. The molecule has 108 valence electrons. The molecule has 1 fully saturated rings. The van der Waals surface area contributed by atoms with E-state index < -0.39 is 0 Å². The average molecular weight is 276 g/mol. The molecule has 0 saturated carbocycles. The molecule has 2 aromatic heterocycles. The monoisotopic (exact) mass is 276 g/mol. The number of H-pyrrole nitrogens is 1. The molecule has 0 amide bonds. The van der Waals surface area contributed by atoms with Gasteiger partial charge in [-0.3, -0.25) is 0 Å². The maximum absolute atomic E-state index is 9.50. The first-order valence-electron chi connectivity index (χ1n) is 7.16. The van der Waals surface area contributed by atoms with E-state index in [1.807, 2.05) is 0 Å². The molecule has 3 N–H and O–H groups in total. The summed E-state index contributed by atoms with van der Waals surface area (Å²) in [6.45, 7) is 3.99. The van der Waals surface area contributed by atoms with Gasteiger partial charge in [0.2, 0.25) is 5.95 Å². The van der Waals surface area contributed by atoms with Gasteiger partial charge in [0.25, 0.3) is 0 Å². The molecule has 0 aromatic carbocycles. The van der Waals surface area contributed by atoms with Gasteiger partial charge in [-0.1, -0.05) is 6.92 Å². The number of nitrogens with one attached hydrogen (secondary N) is 2. The van der Waals surface area contributed by atoms with Crippen LogP contribution in [0.1, 0.15) is 26.2 Å². The van der Waals surface area contributed by atoms with Crippen molar-refractivity contribution in [2.75, 3.05) is 29.9 Å². The van der Waals surface area contributed by atoms with Gasteiger partial charge in [0, 0.05) is 13.1 Å². The van der Waals surface area contributed by atoms with Crippen molar-refractivity contribution >= 4 is 22.9 Å². The number of nitrogens with zero attached hydrogens (tertiary/aromatic N) is 4. The summed E-state index contributed by atoms with van der Waals surface area (Å²) in [7, 11) is 0. The number of fused-ring (bicyclic) bond motifs is 1. The van der Waals surface area contributed by atoms with Crippen molar-refractivity contribution in [1.82, 2.24) is 19.9 Å². The van der Waals surface area contributed by atoms with Crippen LogP contribution in [0.4, 0.5) is 11.8 Å². The predicted molar refractivity (Wildman–Crippen MR) is 77.9 cm³/mol. The van der Waals surface area contributed by atoms with Gasteiger partial charge in [-0.15, -0.1) is 0 Å². The van der Waals surface area contributed by atoms with Gasteiger partial charge in [-0.05, 0) is 19.3 Å². The summed E-state index contributed by atoms with van der Waals surface area (Å²) in [4.78, 5) is 18.5. The second-order valence-electron chi connectivity index (χ2n) is 5.07. The minimum atomic E-state index is 0.135. The number of aromatic amines is 1. The topological polar surface area (TPSA) is 90.0 Å². The maximum atomic E-state index is 9.50. The van der Waals surface area contributed by atoms with Crippen molar-refractivity contribution in [3.8, 4) is 0 Å². The largest absolute Gasteiger partial charge is 0.394 e. The van der Waals surface area contributed by atoms with E-state index in [-0.39, 0.29) is 12.6 Å². The van der Waals surface area contributed by atoms with Crippen LogP contribution in [0.3, 0.4) is 0 Å². The van der Waals surface area contributed by atoms with Gasteiger partial charge < -0.3 is 20.3 Å². The Kier molecular flexibility index (Phi) is 3.68. The summed E-state index contributed by atoms with van der Waals surface area (Å²) in [6, 6.07) is 0.135. The standard InChI is InChI=1S/C13H20N6O/c1-2-5-14-13-17-11-10(15-8-16-11)12(18-13)19-6-3-4-9(19)7-20/h8-9,20H,2-7H2,1H3,(H2,14,15,16,17,18). The zero-order chi connectivity index (χ0) is 13.9. The van der Waals surface area contributed by atoms with Gasteiger partial charge in [0.05, 0.1) is 19.0 Å². The van der Waals surface area contributed by atoms with E-state index in [0.29, 0.717) is 11.6 Å². The number of anilines is 2. The molecule has 1 saturated heterocycles. The highest BCUT2D eigenvalue weighted by Gasteiger charge is 2.27. The van der Waals surface area contributed by atoms with E-state index in [2.05, 4.69) is 37.1 Å². The van der Waals surface area contributed by atoms with Gasteiger partial charge in [-0.25, -0.2) is 4.98 Å². The number of hydrogen-bond donors (Lipinski definition) is 3. The van der Waals surface area contributed by atoms with Crippen molar-refractivity contribution < 1.29 is 5.11 Å². The first-order valence-corrected chi connectivity index (χ1v) is 7.16. The lowest BCUT2D eigenvalue weighted by Gasteiger charge is -2.24. The van der Waals surface area contributed by atoms with E-state index in [1.54, 1.807) is 6.33 Å². The van der Waals surface area contributed by atoms with Crippen molar-refractivity contribution in [1.29, 1.82) is 0 Å². The van der Waals surface area contributed by atoms with Crippen molar-refractivity contribution in [3.05, 3.63) is 6.33 Å². The Hall–Kier alpha value is -1.89. The molecule has 1 aliphatic rings. The molecule has 7 heteroatoms. The van der Waals surface area contributed by atoms with Gasteiger partial charge in [-0.2, -0.15) is 9.97 Å². The van der Waals surface area contributed by atoms with Crippen LogP contribution >= 0.6 is 0 Å². The highest BCUT2D eigenvalue weighted by atomic mass is 16.3. The van der Waals surface area contributed by atoms with E-state index in [0.717, 1.165) is 43.7 Å². The molecule has 0 radical (unpaired) electrons. The van der Waals surface area contributed by atoms with Crippen LogP contribution in [0.25, 0.3) is 11.2 Å². The fourth-order valence-corrected chi connectivity index (χ4v) is 2.65. The third-order valence-electron chi connectivity index (χ3n) is 3.66. The minimum absolute atomic E-state index is 0.135. The average Bonchev–Trinajstić information content (AvgIpc) is 3.12. The third-order valence-corrected chi connectivity index (χ3v) is 3.66. The molecule has 0 bridgehead atoms. The van der Waals surface area contributed by atoms with Crippen LogP contribution in [-0.4, -0.2) is 50.8 Å². The Morgan fingerprint density at radius 2 is 2.40 bits per heavy atom. The Bertz CT molecular complexity index is 583. The fourth-order valence-electron chi connectivity index (χ4n) is 2.65. The van der Waals surface area contributed by atoms with Crippen LogP contribution in [0.15, 0.2) is 6.33 Å². The molecular weight excluding hydrogens is 256 g/mol. The molecule has 2 aromatic rings. The van der Waals surface area contributed by atoms with E-state index in [9.17, 15) is 5.11 Å². The van der Waals surface area contributed by atoms with Crippen molar-refractivity contribution in [2.24, 2.45) is 0 Å². The number of aliphatic hydroxyl groups is 1. The summed E-state index contributed by atoms with van der Waals surface area (Å²) in [5.41, 5.74) is 1.50. The predicted octanol–water partition coefficient (Wildman–Crippen LogP) is 1.14. The lowest BCUT2D eigenvalue weighted by molar-refractivity contribution is 0.266. The Labute approximate surface area is 117 Å². The lowest BCUT2D eigenvalue weighted by atomic mass is 10.2. The smallest absolute Gasteiger partial charge is 0.226 e. The molecule has 1 aliphatic heterocycles. The molecule has 0 spiro atoms. The molecule has 20 heavy (non-hydrogen) atoms. The number of aliphatic hydroxyl groups excluding tert-OH is 1. The number of rotatable bonds is 5. The zero-order valence-electron chi connectivity index (χ0n) is 11.6. The lowest BCUT2D eigenvalue weighted by Crippen LogP contribution is -2.33. The van der Waals surface area contributed by atoms with Gasteiger partial charge in [0.15, 0.2) is 11.5 Å². The molecular formula is C13H20N6O. The maximum Gasteiger partial charge on any atom is 0.226 e. The Balaban J connectivity index is 2.01. The summed E-state index contributed by atoms with van der Waals surface area (Å²) in [6.07, 6.45) is 4.72. The van der Waals surface area contributed by atoms with E-state index in [1.165, 1.54) is 0 Å². The minimum Gasteiger partial charge on any atom is -0.394 e.